The summed E-state index contributed by atoms with van der Waals surface area (Å²) in [6.45, 7) is 18.8. The highest BCUT2D eigenvalue weighted by Gasteiger charge is 2.36. The fourth-order valence-electron chi connectivity index (χ4n) is 5.41. The summed E-state index contributed by atoms with van der Waals surface area (Å²) < 4.78 is 2.38. The quantitative estimate of drug-likeness (QED) is 0.457. The van der Waals surface area contributed by atoms with Crippen LogP contribution in [0.5, 0.6) is 0 Å². The van der Waals surface area contributed by atoms with Crippen molar-refractivity contribution >= 4 is 0 Å². The summed E-state index contributed by atoms with van der Waals surface area (Å²) in [5.41, 5.74) is 8.95. The van der Waals surface area contributed by atoms with Crippen molar-refractivity contribution in [2.45, 2.75) is 104 Å². The molecule has 0 spiro atoms. The molecule has 1 aromatic carbocycles. The van der Waals surface area contributed by atoms with Crippen LogP contribution in [0.4, 0.5) is 0 Å². The third-order valence-electron chi connectivity index (χ3n) is 7.62. The van der Waals surface area contributed by atoms with Crippen LogP contribution in [0.1, 0.15) is 109 Å². The summed E-state index contributed by atoms with van der Waals surface area (Å²) in [7, 11) is 2.23. The van der Waals surface area contributed by atoms with Gasteiger partial charge in [0.15, 0.2) is 6.20 Å². The summed E-state index contributed by atoms with van der Waals surface area (Å²) in [6, 6.07) is 9.52. The molecule has 0 saturated heterocycles. The lowest BCUT2D eigenvalue weighted by atomic mass is 9.66. The molecule has 1 saturated carbocycles. The summed E-state index contributed by atoms with van der Waals surface area (Å²) in [4.78, 5) is 0. The second-order valence-corrected chi connectivity index (χ2v) is 11.6. The van der Waals surface area contributed by atoms with E-state index in [1.54, 1.807) is 5.56 Å². The Labute approximate surface area is 185 Å². The molecule has 2 aromatic rings. The van der Waals surface area contributed by atoms with Gasteiger partial charge in [0.05, 0.1) is 0 Å². The minimum absolute atomic E-state index is 0.183. The van der Waals surface area contributed by atoms with Crippen molar-refractivity contribution in [2.75, 3.05) is 0 Å². The maximum atomic E-state index is 2.49. The average Bonchev–Trinajstić information content (AvgIpc) is 2.67. The Morgan fingerprint density at radius 1 is 0.933 bits per heavy atom. The Bertz CT molecular complexity index is 889. The first-order chi connectivity index (χ1) is 13.9. The van der Waals surface area contributed by atoms with E-state index in [-0.39, 0.29) is 10.8 Å². The molecule has 1 aliphatic carbocycles. The van der Waals surface area contributed by atoms with Crippen molar-refractivity contribution in [1.82, 2.24) is 0 Å². The van der Waals surface area contributed by atoms with E-state index in [2.05, 4.69) is 97.5 Å². The molecule has 1 fully saturated rings. The van der Waals surface area contributed by atoms with Gasteiger partial charge in [0.25, 0.3) is 0 Å². The highest BCUT2D eigenvalue weighted by Crippen LogP contribution is 2.43. The minimum Gasteiger partial charge on any atom is -0.201 e. The van der Waals surface area contributed by atoms with Crippen LogP contribution in [0.15, 0.2) is 30.5 Å². The van der Waals surface area contributed by atoms with Crippen LogP contribution in [-0.4, -0.2) is 0 Å². The average molecular weight is 407 g/mol. The smallest absolute Gasteiger partial charge is 0.201 e. The molecule has 0 unspecified atom stereocenters. The van der Waals surface area contributed by atoms with Crippen LogP contribution < -0.4 is 4.57 Å². The Hall–Kier alpha value is -1.63. The SMILES string of the molecule is Cc1cc(C(C)(C)C)ccc1-c1cc(C(C)C)c(C(C)(C)C2CCCCC2)c[n+]1C. The van der Waals surface area contributed by atoms with Crippen LogP contribution in [-0.2, 0) is 17.9 Å². The molecule has 0 bridgehead atoms. The first-order valence-electron chi connectivity index (χ1n) is 12.1. The van der Waals surface area contributed by atoms with Crippen molar-refractivity contribution in [3.05, 3.63) is 52.7 Å². The van der Waals surface area contributed by atoms with Crippen LogP contribution in [0, 0.1) is 12.8 Å². The number of benzene rings is 1. The molecule has 1 heteroatoms. The number of pyridine rings is 1. The van der Waals surface area contributed by atoms with Gasteiger partial charge >= 0.3 is 0 Å². The number of hydrogen-bond acceptors (Lipinski definition) is 0. The standard InChI is InChI=1S/C29H44N/c1-20(2)25-18-27(24-16-15-23(17-21(24)3)28(4,5)6)30(9)19-26(25)29(7,8)22-13-11-10-12-14-22/h15-20,22H,10-14H2,1-9H3/q+1. The Morgan fingerprint density at radius 2 is 1.57 bits per heavy atom. The van der Waals surface area contributed by atoms with Crippen LogP contribution in [0.3, 0.4) is 0 Å². The van der Waals surface area contributed by atoms with Crippen LogP contribution >= 0.6 is 0 Å². The normalized spacial score (nSPS) is 16.3. The number of hydrogen-bond donors (Lipinski definition) is 0. The molecule has 0 radical (unpaired) electrons. The first-order valence-corrected chi connectivity index (χ1v) is 12.1. The van der Waals surface area contributed by atoms with E-state index in [4.69, 9.17) is 0 Å². The lowest BCUT2D eigenvalue weighted by Gasteiger charge is -2.38. The Balaban J connectivity index is 2.10. The van der Waals surface area contributed by atoms with Crippen molar-refractivity contribution in [3.63, 3.8) is 0 Å². The molecule has 0 N–H and O–H groups in total. The molecule has 30 heavy (non-hydrogen) atoms. The Kier molecular flexibility index (Phi) is 6.51. The molecule has 0 aliphatic heterocycles. The topological polar surface area (TPSA) is 3.88 Å². The van der Waals surface area contributed by atoms with E-state index < -0.39 is 0 Å². The van der Waals surface area contributed by atoms with E-state index in [1.807, 2.05) is 0 Å². The number of aryl methyl sites for hydroxylation is 2. The summed E-state index contributed by atoms with van der Waals surface area (Å²) in [5, 5.41) is 0. The molecular formula is C29H44N+. The van der Waals surface area contributed by atoms with E-state index in [1.165, 1.54) is 60.1 Å². The first kappa shape index (κ1) is 23.0. The van der Waals surface area contributed by atoms with Gasteiger partial charge in [-0.3, -0.25) is 0 Å². The second-order valence-electron chi connectivity index (χ2n) is 11.6. The predicted molar refractivity (Wildman–Crippen MR) is 130 cm³/mol. The molecule has 1 aliphatic rings. The number of aromatic nitrogens is 1. The maximum absolute atomic E-state index is 2.49. The van der Waals surface area contributed by atoms with Crippen molar-refractivity contribution in [1.29, 1.82) is 0 Å². The van der Waals surface area contributed by atoms with Crippen molar-refractivity contribution in [2.24, 2.45) is 13.0 Å². The predicted octanol–water partition coefficient (Wildman–Crippen LogP) is 7.77. The lowest BCUT2D eigenvalue weighted by Crippen LogP contribution is -2.38. The molecule has 0 atom stereocenters. The summed E-state index contributed by atoms with van der Waals surface area (Å²) in [6.07, 6.45) is 9.42. The van der Waals surface area contributed by atoms with Gasteiger partial charge in [0.1, 0.15) is 7.05 Å². The zero-order valence-corrected chi connectivity index (χ0v) is 21.0. The molecule has 1 nitrogen and oxygen atoms in total. The van der Waals surface area contributed by atoms with Gasteiger partial charge < -0.3 is 0 Å². The second kappa shape index (κ2) is 8.48. The molecular weight excluding hydrogens is 362 g/mol. The van der Waals surface area contributed by atoms with Crippen molar-refractivity contribution < 1.29 is 4.57 Å². The number of nitrogens with zero attached hydrogens (tertiary/aromatic N) is 1. The maximum Gasteiger partial charge on any atom is 0.212 e. The van der Waals surface area contributed by atoms with Gasteiger partial charge in [0, 0.05) is 17.2 Å². The fraction of sp³-hybridized carbons (Fsp3) is 0.621. The largest absolute Gasteiger partial charge is 0.212 e. The van der Waals surface area contributed by atoms with E-state index >= 15 is 0 Å². The van der Waals surface area contributed by atoms with Crippen LogP contribution in [0.25, 0.3) is 11.3 Å². The van der Waals surface area contributed by atoms with Crippen LogP contribution in [0.2, 0.25) is 0 Å². The zero-order valence-electron chi connectivity index (χ0n) is 21.0. The molecule has 1 aromatic heterocycles. The van der Waals surface area contributed by atoms with Gasteiger partial charge in [-0.1, -0.05) is 79.9 Å². The third kappa shape index (κ3) is 4.51. The summed E-state index contributed by atoms with van der Waals surface area (Å²) >= 11 is 0. The van der Waals surface area contributed by atoms with Crippen molar-refractivity contribution in [3.8, 4) is 11.3 Å². The highest BCUT2D eigenvalue weighted by atomic mass is 14.9. The van der Waals surface area contributed by atoms with E-state index in [0.29, 0.717) is 5.92 Å². The van der Waals surface area contributed by atoms with E-state index in [9.17, 15) is 0 Å². The van der Waals surface area contributed by atoms with E-state index in [0.717, 1.165) is 5.92 Å². The molecule has 3 rings (SSSR count). The lowest BCUT2D eigenvalue weighted by molar-refractivity contribution is -0.661. The minimum atomic E-state index is 0.183. The van der Waals surface area contributed by atoms with Gasteiger partial charge in [-0.2, -0.15) is 0 Å². The number of rotatable bonds is 4. The summed E-state index contributed by atoms with van der Waals surface area (Å²) in [5.74, 6) is 1.32. The Morgan fingerprint density at radius 3 is 2.10 bits per heavy atom. The van der Waals surface area contributed by atoms with Gasteiger partial charge in [0.2, 0.25) is 5.69 Å². The monoisotopic (exact) mass is 406 g/mol. The third-order valence-corrected chi connectivity index (χ3v) is 7.62. The molecule has 0 amide bonds. The molecule has 164 valence electrons. The van der Waals surface area contributed by atoms with Gasteiger partial charge in [-0.25, -0.2) is 4.57 Å². The molecule has 1 heterocycles. The van der Waals surface area contributed by atoms with Gasteiger partial charge in [-0.05, 0) is 65.2 Å². The fourth-order valence-corrected chi connectivity index (χ4v) is 5.41. The van der Waals surface area contributed by atoms with Gasteiger partial charge in [-0.15, -0.1) is 0 Å². The highest BCUT2D eigenvalue weighted by molar-refractivity contribution is 5.63. The zero-order chi connectivity index (χ0) is 22.3.